The number of hydrogen-bond acceptors (Lipinski definition) is 3. The molecule has 1 fully saturated rings. The highest BCUT2D eigenvalue weighted by Gasteiger charge is 2.26. The summed E-state index contributed by atoms with van der Waals surface area (Å²) in [4.78, 5) is 16.8. The molecule has 3 rings (SSSR count). The molecule has 1 aromatic carbocycles. The van der Waals surface area contributed by atoms with E-state index in [9.17, 15) is 4.79 Å². The zero-order valence-electron chi connectivity index (χ0n) is 18.3. The average molecular weight is 528 g/mol. The quantitative estimate of drug-likeness (QED) is 0.254. The third-order valence-corrected chi connectivity index (χ3v) is 5.95. The van der Waals surface area contributed by atoms with Crippen LogP contribution >= 0.6 is 24.0 Å². The maximum Gasteiger partial charge on any atom is 0.225 e. The van der Waals surface area contributed by atoms with Crippen molar-refractivity contribution >= 4 is 41.5 Å². The number of ether oxygens (including phenoxy) is 1. The van der Waals surface area contributed by atoms with Crippen LogP contribution in [0.1, 0.15) is 63.9 Å². The highest BCUT2D eigenvalue weighted by Crippen LogP contribution is 2.32. The minimum absolute atomic E-state index is 0. The number of guanidine groups is 1. The lowest BCUT2D eigenvalue weighted by Crippen LogP contribution is -2.40. The molecule has 7 heteroatoms. The lowest BCUT2D eigenvalue weighted by atomic mass is 9.91. The van der Waals surface area contributed by atoms with Gasteiger partial charge in [-0.15, -0.1) is 24.0 Å². The van der Waals surface area contributed by atoms with E-state index in [1.807, 2.05) is 18.2 Å². The number of nitrogens with zero attached hydrogens (tertiary/aromatic N) is 1. The fourth-order valence-corrected chi connectivity index (χ4v) is 4.54. The third-order valence-electron chi connectivity index (χ3n) is 5.95. The first-order valence-electron chi connectivity index (χ1n) is 11.2. The maximum absolute atomic E-state index is 12.0. The van der Waals surface area contributed by atoms with Crippen molar-refractivity contribution in [2.75, 3.05) is 31.6 Å². The first kappa shape index (κ1) is 24.9. The van der Waals surface area contributed by atoms with Crippen molar-refractivity contribution in [3.8, 4) is 0 Å². The molecule has 3 N–H and O–H groups in total. The number of carbonyl (C=O) groups excluding carboxylic acids is 1. The summed E-state index contributed by atoms with van der Waals surface area (Å²) in [5.74, 6) is 1.70. The predicted molar refractivity (Wildman–Crippen MR) is 134 cm³/mol. The van der Waals surface area contributed by atoms with Crippen LogP contribution < -0.4 is 16.0 Å². The van der Waals surface area contributed by atoms with E-state index in [-0.39, 0.29) is 35.8 Å². The molecule has 2 atom stereocenters. The fraction of sp³-hybridized carbons (Fsp3) is 0.652. The Bertz CT molecular complexity index is 692. The van der Waals surface area contributed by atoms with Gasteiger partial charge in [0.25, 0.3) is 0 Å². The Balaban J connectivity index is 0.00000320. The summed E-state index contributed by atoms with van der Waals surface area (Å²) in [6.45, 7) is 7.18. The predicted octanol–water partition coefficient (Wildman–Crippen LogP) is 4.27. The van der Waals surface area contributed by atoms with Gasteiger partial charge in [0.1, 0.15) is 0 Å². The molecule has 1 heterocycles. The van der Waals surface area contributed by atoms with Gasteiger partial charge in [0.2, 0.25) is 5.91 Å². The van der Waals surface area contributed by atoms with Crippen molar-refractivity contribution in [1.82, 2.24) is 10.6 Å². The smallest absolute Gasteiger partial charge is 0.225 e. The lowest BCUT2D eigenvalue weighted by molar-refractivity contribution is -0.116. The van der Waals surface area contributed by atoms with Gasteiger partial charge in [-0.3, -0.25) is 9.79 Å². The summed E-state index contributed by atoms with van der Waals surface area (Å²) in [7, 11) is 0. The van der Waals surface area contributed by atoms with Gasteiger partial charge < -0.3 is 20.7 Å². The molecule has 168 valence electrons. The molecule has 1 aromatic rings. The number of rotatable bonds is 9. The second-order valence-electron chi connectivity index (χ2n) is 8.01. The van der Waals surface area contributed by atoms with Crippen molar-refractivity contribution in [3.63, 3.8) is 0 Å². The van der Waals surface area contributed by atoms with Gasteiger partial charge >= 0.3 is 0 Å². The summed E-state index contributed by atoms with van der Waals surface area (Å²) >= 11 is 0. The van der Waals surface area contributed by atoms with Crippen LogP contribution in [0.2, 0.25) is 0 Å². The largest absolute Gasteiger partial charge is 0.378 e. The molecule has 6 nitrogen and oxygen atoms in total. The first-order chi connectivity index (χ1) is 14.2. The minimum Gasteiger partial charge on any atom is -0.378 e. The van der Waals surface area contributed by atoms with E-state index in [1.165, 1.54) is 31.2 Å². The molecule has 1 amide bonds. The number of para-hydroxylation sites is 1. The monoisotopic (exact) mass is 528 g/mol. The number of benzene rings is 1. The maximum atomic E-state index is 12.0. The van der Waals surface area contributed by atoms with Crippen LogP contribution in [-0.4, -0.2) is 44.2 Å². The summed E-state index contributed by atoms with van der Waals surface area (Å²) < 4.78 is 6.03. The van der Waals surface area contributed by atoms with Crippen molar-refractivity contribution < 1.29 is 9.53 Å². The van der Waals surface area contributed by atoms with Gasteiger partial charge in [0.05, 0.1) is 12.6 Å². The zero-order chi connectivity index (χ0) is 20.5. The van der Waals surface area contributed by atoms with Gasteiger partial charge in [0, 0.05) is 37.7 Å². The first-order valence-corrected chi connectivity index (χ1v) is 11.2. The highest BCUT2D eigenvalue weighted by atomic mass is 127. The van der Waals surface area contributed by atoms with E-state index in [0.717, 1.165) is 37.8 Å². The molecular weight excluding hydrogens is 491 g/mol. The van der Waals surface area contributed by atoms with E-state index in [2.05, 4.69) is 35.9 Å². The average Bonchev–Trinajstić information content (AvgIpc) is 3.25. The molecule has 0 radical (unpaired) electrons. The van der Waals surface area contributed by atoms with E-state index in [0.29, 0.717) is 25.0 Å². The Morgan fingerprint density at radius 2 is 2.00 bits per heavy atom. The molecule has 0 aromatic heterocycles. The molecule has 2 unspecified atom stereocenters. The normalized spacial score (nSPS) is 20.1. The Hall–Kier alpha value is -1.35. The van der Waals surface area contributed by atoms with Crippen molar-refractivity contribution in [1.29, 1.82) is 0 Å². The van der Waals surface area contributed by atoms with Gasteiger partial charge in [-0.1, -0.05) is 31.0 Å². The number of carbonyl (C=O) groups is 1. The standard InChI is InChI=1S/C23H36N4O2.HI/c1-3-24-23(25-14-13-21(29-4-2)17-9-5-6-10-17)26-16-18-15-22(28)27-20-12-8-7-11-19(18)20;/h7-8,11-12,17-18,21H,3-6,9-10,13-16H2,1-2H3,(H,27,28)(H2,24,25,26);1H. The van der Waals surface area contributed by atoms with Crippen LogP contribution in [-0.2, 0) is 9.53 Å². The number of halogens is 1. The molecule has 0 bridgehead atoms. The van der Waals surface area contributed by atoms with Crippen LogP contribution in [0.15, 0.2) is 29.3 Å². The molecule has 2 aliphatic rings. The molecule has 1 saturated carbocycles. The number of amides is 1. The Morgan fingerprint density at radius 1 is 1.23 bits per heavy atom. The molecule has 0 spiro atoms. The van der Waals surface area contributed by atoms with Gasteiger partial charge in [-0.25, -0.2) is 0 Å². The highest BCUT2D eigenvalue weighted by molar-refractivity contribution is 14.0. The third kappa shape index (κ3) is 7.11. The Morgan fingerprint density at radius 3 is 2.73 bits per heavy atom. The van der Waals surface area contributed by atoms with Crippen LogP contribution in [0.3, 0.4) is 0 Å². The summed E-state index contributed by atoms with van der Waals surface area (Å²) in [6.07, 6.45) is 7.08. The van der Waals surface area contributed by atoms with Crippen LogP contribution in [0, 0.1) is 5.92 Å². The second kappa shape index (κ2) is 13.1. The van der Waals surface area contributed by atoms with Crippen molar-refractivity contribution in [3.05, 3.63) is 29.8 Å². The summed E-state index contributed by atoms with van der Waals surface area (Å²) in [6, 6.07) is 8.02. The topological polar surface area (TPSA) is 74.8 Å². The van der Waals surface area contributed by atoms with Crippen molar-refractivity contribution in [2.45, 2.75) is 64.4 Å². The number of anilines is 1. The number of hydrogen-bond donors (Lipinski definition) is 3. The van der Waals surface area contributed by atoms with Gasteiger partial charge in [-0.05, 0) is 50.7 Å². The van der Waals surface area contributed by atoms with Gasteiger partial charge in [-0.2, -0.15) is 0 Å². The second-order valence-corrected chi connectivity index (χ2v) is 8.01. The van der Waals surface area contributed by atoms with Crippen LogP contribution in [0.5, 0.6) is 0 Å². The molecule has 30 heavy (non-hydrogen) atoms. The van der Waals surface area contributed by atoms with E-state index >= 15 is 0 Å². The van der Waals surface area contributed by atoms with E-state index in [1.54, 1.807) is 0 Å². The SMILES string of the molecule is CCNC(=NCC1CC(=O)Nc2ccccc21)NCCC(OCC)C1CCCC1.I. The van der Waals surface area contributed by atoms with Gasteiger partial charge in [0.15, 0.2) is 5.96 Å². The molecule has 1 aliphatic carbocycles. The lowest BCUT2D eigenvalue weighted by Gasteiger charge is -2.25. The van der Waals surface area contributed by atoms with Crippen molar-refractivity contribution in [2.24, 2.45) is 10.9 Å². The van der Waals surface area contributed by atoms with E-state index < -0.39 is 0 Å². The zero-order valence-corrected chi connectivity index (χ0v) is 20.6. The molecular formula is C23H37IN4O2. The number of aliphatic imine (C=N–C) groups is 1. The number of nitrogens with one attached hydrogen (secondary N) is 3. The Labute approximate surface area is 198 Å². The molecule has 0 saturated heterocycles. The number of fused-ring (bicyclic) bond motifs is 1. The Kier molecular flexibility index (Phi) is 10.9. The molecule has 1 aliphatic heterocycles. The summed E-state index contributed by atoms with van der Waals surface area (Å²) in [5.41, 5.74) is 2.09. The van der Waals surface area contributed by atoms with Crippen LogP contribution in [0.4, 0.5) is 5.69 Å². The minimum atomic E-state index is 0. The summed E-state index contributed by atoms with van der Waals surface area (Å²) in [5, 5.41) is 9.75. The fourth-order valence-electron chi connectivity index (χ4n) is 4.54. The van der Waals surface area contributed by atoms with Crippen LogP contribution in [0.25, 0.3) is 0 Å². The van der Waals surface area contributed by atoms with E-state index in [4.69, 9.17) is 9.73 Å².